The van der Waals surface area contributed by atoms with E-state index in [1.807, 2.05) is 6.92 Å². The Morgan fingerprint density at radius 2 is 2.00 bits per heavy atom. The predicted octanol–water partition coefficient (Wildman–Crippen LogP) is 3.32. The number of para-hydroxylation sites is 2. The number of carbonyl (C=O) groups excluding carboxylic acids is 1. The zero-order valence-corrected chi connectivity index (χ0v) is 15.4. The maximum absolute atomic E-state index is 12.7. The smallest absolute Gasteiger partial charge is 0.262 e. The van der Waals surface area contributed by atoms with Crippen LogP contribution in [0.3, 0.4) is 0 Å². The molecule has 25 heavy (non-hydrogen) atoms. The van der Waals surface area contributed by atoms with Crippen molar-refractivity contribution >= 4 is 39.1 Å². The summed E-state index contributed by atoms with van der Waals surface area (Å²) in [7, 11) is -2.34. The maximum atomic E-state index is 12.7. The van der Waals surface area contributed by atoms with E-state index in [2.05, 4.69) is 10.0 Å². The van der Waals surface area contributed by atoms with Gasteiger partial charge in [0.1, 0.15) is 5.75 Å². The number of rotatable bonds is 4. The van der Waals surface area contributed by atoms with Gasteiger partial charge in [0.25, 0.3) is 10.0 Å². The molecule has 0 radical (unpaired) electrons. The van der Waals surface area contributed by atoms with Crippen molar-refractivity contribution in [1.29, 1.82) is 0 Å². The Hall–Kier alpha value is -2.19. The number of anilines is 2. The van der Waals surface area contributed by atoms with Gasteiger partial charge in [0.05, 0.1) is 23.4 Å². The summed E-state index contributed by atoms with van der Waals surface area (Å²) in [5.74, 6) is 0.310. The lowest BCUT2D eigenvalue weighted by Gasteiger charge is -2.13. The second kappa shape index (κ2) is 6.97. The molecule has 2 aromatic carbocycles. The molecule has 1 heterocycles. The van der Waals surface area contributed by atoms with Crippen LogP contribution in [0.25, 0.3) is 0 Å². The fourth-order valence-electron chi connectivity index (χ4n) is 2.53. The summed E-state index contributed by atoms with van der Waals surface area (Å²) < 4.78 is 33.1. The van der Waals surface area contributed by atoms with E-state index in [1.54, 1.807) is 42.1 Å². The van der Waals surface area contributed by atoms with Crippen LogP contribution >= 0.6 is 11.8 Å². The summed E-state index contributed by atoms with van der Waals surface area (Å²) in [5, 5.41) is 2.91. The Balaban J connectivity index is 1.94. The molecule has 1 aliphatic rings. The molecule has 1 amide bonds. The van der Waals surface area contributed by atoms with Gasteiger partial charge in [-0.25, -0.2) is 8.42 Å². The van der Waals surface area contributed by atoms with Crippen molar-refractivity contribution in [3.8, 4) is 5.75 Å². The third-order valence-electron chi connectivity index (χ3n) is 3.69. The summed E-state index contributed by atoms with van der Waals surface area (Å²) in [4.78, 5) is 12.8. The number of fused-ring (bicyclic) bond motifs is 1. The van der Waals surface area contributed by atoms with Gasteiger partial charge >= 0.3 is 0 Å². The summed E-state index contributed by atoms with van der Waals surface area (Å²) in [6.45, 7) is 1.97. The molecule has 3 rings (SSSR count). The molecule has 2 aromatic rings. The Bertz CT molecular complexity index is 913. The molecular weight excluding hydrogens is 360 g/mol. The van der Waals surface area contributed by atoms with Gasteiger partial charge in [-0.1, -0.05) is 19.1 Å². The van der Waals surface area contributed by atoms with Crippen LogP contribution in [0.2, 0.25) is 0 Å². The fraction of sp³-hybridized carbons (Fsp3) is 0.235. The number of ether oxygens (including phenoxy) is 1. The molecule has 132 valence electrons. The van der Waals surface area contributed by atoms with Gasteiger partial charge in [-0.2, -0.15) is 0 Å². The van der Waals surface area contributed by atoms with Gasteiger partial charge in [0, 0.05) is 16.6 Å². The molecule has 0 aliphatic carbocycles. The molecule has 6 nitrogen and oxygen atoms in total. The van der Waals surface area contributed by atoms with Crippen molar-refractivity contribution in [3.63, 3.8) is 0 Å². The van der Waals surface area contributed by atoms with E-state index in [0.29, 0.717) is 23.5 Å². The molecule has 0 saturated heterocycles. The number of nitrogens with one attached hydrogen (secondary N) is 2. The molecule has 0 bridgehead atoms. The highest BCUT2D eigenvalue weighted by Crippen LogP contribution is 2.36. The first-order chi connectivity index (χ1) is 11.9. The molecule has 0 saturated carbocycles. The van der Waals surface area contributed by atoms with Crippen molar-refractivity contribution in [3.05, 3.63) is 42.5 Å². The predicted molar refractivity (Wildman–Crippen MR) is 98.8 cm³/mol. The summed E-state index contributed by atoms with van der Waals surface area (Å²) in [6, 6.07) is 11.5. The number of amides is 1. The van der Waals surface area contributed by atoms with Crippen LogP contribution in [-0.2, 0) is 14.8 Å². The molecule has 0 unspecified atom stereocenters. The van der Waals surface area contributed by atoms with Gasteiger partial charge in [-0.3, -0.25) is 9.52 Å². The summed E-state index contributed by atoms with van der Waals surface area (Å²) in [6.07, 6.45) is 0.390. The molecule has 2 N–H and O–H groups in total. The quantitative estimate of drug-likeness (QED) is 0.853. The third-order valence-corrected chi connectivity index (χ3v) is 6.23. The van der Waals surface area contributed by atoms with Crippen molar-refractivity contribution < 1.29 is 17.9 Å². The van der Waals surface area contributed by atoms with Crippen molar-refractivity contribution in [2.24, 2.45) is 0 Å². The van der Waals surface area contributed by atoms with E-state index in [9.17, 15) is 13.2 Å². The number of hydrogen-bond acceptors (Lipinski definition) is 5. The lowest BCUT2D eigenvalue weighted by molar-refractivity contribution is -0.116. The number of carbonyl (C=O) groups is 1. The second-order valence-corrected chi connectivity index (χ2v) is 8.81. The number of thioether (sulfide) groups is 1. The van der Waals surface area contributed by atoms with Gasteiger partial charge < -0.3 is 10.1 Å². The minimum atomic E-state index is -3.81. The zero-order valence-electron chi connectivity index (χ0n) is 13.8. The Kier molecular flexibility index (Phi) is 4.91. The van der Waals surface area contributed by atoms with E-state index >= 15 is 0 Å². The van der Waals surface area contributed by atoms with Gasteiger partial charge in [0.15, 0.2) is 0 Å². The highest BCUT2D eigenvalue weighted by Gasteiger charge is 2.22. The van der Waals surface area contributed by atoms with Crippen LogP contribution in [0.15, 0.2) is 52.3 Å². The average Bonchev–Trinajstić information content (AvgIpc) is 2.70. The SMILES string of the molecule is COc1ccccc1NS(=O)(=O)c1ccc2c(c1)NC(=O)C[C@H](C)S2. The number of benzene rings is 2. The average molecular weight is 378 g/mol. The largest absolute Gasteiger partial charge is 0.495 e. The van der Waals surface area contributed by atoms with Gasteiger partial charge in [0.2, 0.25) is 5.91 Å². The number of sulfonamides is 1. The minimum Gasteiger partial charge on any atom is -0.495 e. The molecule has 8 heteroatoms. The first-order valence-electron chi connectivity index (χ1n) is 7.65. The normalized spacial score (nSPS) is 17.2. The van der Waals surface area contributed by atoms with Crippen molar-refractivity contribution in [1.82, 2.24) is 0 Å². The van der Waals surface area contributed by atoms with E-state index in [4.69, 9.17) is 4.74 Å². The van der Waals surface area contributed by atoms with E-state index in [-0.39, 0.29) is 16.1 Å². The van der Waals surface area contributed by atoms with Gasteiger partial charge in [-0.15, -0.1) is 11.8 Å². The molecule has 0 aromatic heterocycles. The highest BCUT2D eigenvalue weighted by molar-refractivity contribution is 8.00. The molecular formula is C17H18N2O4S2. The topological polar surface area (TPSA) is 84.5 Å². The van der Waals surface area contributed by atoms with E-state index < -0.39 is 10.0 Å². The maximum Gasteiger partial charge on any atom is 0.262 e. The second-order valence-electron chi connectivity index (χ2n) is 5.64. The molecule has 1 aliphatic heterocycles. The van der Waals surface area contributed by atoms with Crippen LogP contribution in [0, 0.1) is 0 Å². The van der Waals surface area contributed by atoms with Crippen LogP contribution in [-0.4, -0.2) is 26.7 Å². The minimum absolute atomic E-state index is 0.0765. The summed E-state index contributed by atoms with van der Waals surface area (Å²) >= 11 is 1.55. The number of hydrogen-bond donors (Lipinski definition) is 2. The lowest BCUT2D eigenvalue weighted by Crippen LogP contribution is -2.15. The van der Waals surface area contributed by atoms with Crippen molar-refractivity contribution in [2.75, 3.05) is 17.1 Å². The summed E-state index contributed by atoms with van der Waals surface area (Å²) in [5.41, 5.74) is 0.870. The fourth-order valence-corrected chi connectivity index (χ4v) is 4.68. The number of methoxy groups -OCH3 is 1. The Morgan fingerprint density at radius 3 is 2.76 bits per heavy atom. The monoisotopic (exact) mass is 378 g/mol. The Morgan fingerprint density at radius 1 is 1.24 bits per heavy atom. The zero-order chi connectivity index (χ0) is 18.0. The van der Waals surface area contributed by atoms with E-state index in [0.717, 1.165) is 4.90 Å². The van der Waals surface area contributed by atoms with Crippen LogP contribution in [0.4, 0.5) is 11.4 Å². The highest BCUT2D eigenvalue weighted by atomic mass is 32.2. The van der Waals surface area contributed by atoms with E-state index in [1.165, 1.54) is 19.2 Å². The van der Waals surface area contributed by atoms with Crippen LogP contribution in [0.1, 0.15) is 13.3 Å². The Labute approximate surface area is 151 Å². The standard InChI is InChI=1S/C17H18N2O4S2/c1-11-9-17(20)18-14-10-12(7-8-16(14)24-11)25(21,22)19-13-5-3-4-6-15(13)23-2/h3-8,10-11,19H,9H2,1-2H3,(H,18,20)/t11-/m0/s1. The third kappa shape index (κ3) is 3.91. The van der Waals surface area contributed by atoms with Crippen molar-refractivity contribution in [2.45, 2.75) is 28.4 Å². The van der Waals surface area contributed by atoms with Crippen LogP contribution in [0.5, 0.6) is 5.75 Å². The molecule has 1 atom stereocenters. The molecule has 0 fully saturated rings. The lowest BCUT2D eigenvalue weighted by atomic mass is 10.3. The van der Waals surface area contributed by atoms with Crippen LogP contribution < -0.4 is 14.8 Å². The van der Waals surface area contributed by atoms with Gasteiger partial charge in [-0.05, 0) is 30.3 Å². The molecule has 0 spiro atoms. The first kappa shape index (κ1) is 17.6. The first-order valence-corrected chi connectivity index (χ1v) is 10.0.